The van der Waals surface area contributed by atoms with Gasteiger partial charge in [0.2, 0.25) is 11.8 Å². The molecule has 1 unspecified atom stereocenters. The molecule has 2 aliphatic rings. The van der Waals surface area contributed by atoms with Crippen LogP contribution in [0.4, 0.5) is 0 Å². The highest BCUT2D eigenvalue weighted by atomic mass is 16.5. The first-order chi connectivity index (χ1) is 19.9. The number of aryl methyl sites for hydroxylation is 1. The van der Waals surface area contributed by atoms with Gasteiger partial charge in [-0.25, -0.2) is 0 Å². The van der Waals surface area contributed by atoms with Gasteiger partial charge >= 0.3 is 0 Å². The van der Waals surface area contributed by atoms with E-state index in [0.717, 1.165) is 30.8 Å². The molecule has 0 saturated heterocycles. The summed E-state index contributed by atoms with van der Waals surface area (Å²) in [7, 11) is 1.55. The smallest absolute Gasteiger partial charge is 0.257 e. The number of methoxy groups -OCH3 is 1. The third kappa shape index (κ3) is 8.91. The van der Waals surface area contributed by atoms with Crippen LogP contribution in [0.3, 0.4) is 0 Å². The molecule has 1 aromatic heterocycles. The topological polar surface area (TPSA) is 148 Å². The zero-order valence-electron chi connectivity index (χ0n) is 24.2. The predicted molar refractivity (Wildman–Crippen MR) is 152 cm³/mol. The maximum absolute atomic E-state index is 14.0. The summed E-state index contributed by atoms with van der Waals surface area (Å²) in [6.45, 7) is 4.98. The van der Waals surface area contributed by atoms with E-state index in [1.807, 2.05) is 23.6 Å². The summed E-state index contributed by atoms with van der Waals surface area (Å²) in [5.74, 6) is 1.77. The minimum atomic E-state index is -0.859. The number of amides is 3. The van der Waals surface area contributed by atoms with Crippen molar-refractivity contribution in [3.63, 3.8) is 0 Å². The highest BCUT2D eigenvalue weighted by molar-refractivity contribution is 5.85. The molecule has 12 heteroatoms. The Bertz CT molecular complexity index is 1180. The molecule has 3 amide bonds. The Morgan fingerprint density at radius 3 is 2.83 bits per heavy atom. The number of fused-ring (bicyclic) bond motifs is 2. The van der Waals surface area contributed by atoms with Crippen LogP contribution in [-0.2, 0) is 33.8 Å². The molecule has 1 aliphatic heterocycles. The summed E-state index contributed by atoms with van der Waals surface area (Å²) in [5.41, 5.74) is 0.00429. The fourth-order valence-corrected chi connectivity index (χ4v) is 5.22. The van der Waals surface area contributed by atoms with E-state index in [1.165, 1.54) is 0 Å². The van der Waals surface area contributed by atoms with Crippen LogP contribution in [0.5, 0.6) is 11.5 Å². The molecule has 224 valence electrons. The lowest BCUT2D eigenvalue weighted by Gasteiger charge is -2.33. The molecular formula is C29H43N7O5. The minimum Gasteiger partial charge on any atom is -0.493 e. The van der Waals surface area contributed by atoms with Crippen molar-refractivity contribution in [2.45, 2.75) is 58.4 Å². The van der Waals surface area contributed by atoms with Crippen LogP contribution >= 0.6 is 0 Å². The molecule has 41 heavy (non-hydrogen) atoms. The van der Waals surface area contributed by atoms with E-state index in [-0.39, 0.29) is 30.9 Å². The number of aromatic nitrogens is 3. The van der Waals surface area contributed by atoms with E-state index < -0.39 is 5.41 Å². The predicted octanol–water partition coefficient (Wildman–Crippen LogP) is 0.989. The third-order valence-corrected chi connectivity index (χ3v) is 7.66. The molecule has 12 nitrogen and oxygen atoms in total. The fraction of sp³-hybridized carbons (Fsp3) is 0.621. The van der Waals surface area contributed by atoms with Gasteiger partial charge in [-0.2, -0.15) is 0 Å². The standard InChI is InChI=1S/C29H43N7O5/c1-3-36-20-34-35-25(36)10-12-32-28(39)29(16-21-6-7-21)17-22-8-9-23(40-2)24(15-22)41-18-27(38)31-14-13-30-11-4-5-26(37)33-19-29/h8-9,15,20-21,30H,3-7,10-14,16-19H2,1-2H3,(H,31,38)(H,32,39)(H,33,37). The number of nitrogens with one attached hydrogen (secondary N) is 4. The molecular weight excluding hydrogens is 526 g/mol. The van der Waals surface area contributed by atoms with E-state index in [1.54, 1.807) is 19.5 Å². The number of ether oxygens (including phenoxy) is 2. The lowest BCUT2D eigenvalue weighted by Crippen LogP contribution is -2.50. The Labute approximate surface area is 241 Å². The van der Waals surface area contributed by atoms with Crippen molar-refractivity contribution in [3.05, 3.63) is 35.9 Å². The molecule has 1 atom stereocenters. The number of benzene rings is 1. The van der Waals surface area contributed by atoms with E-state index >= 15 is 0 Å². The van der Waals surface area contributed by atoms with Crippen molar-refractivity contribution in [2.24, 2.45) is 11.3 Å². The molecule has 2 heterocycles. The van der Waals surface area contributed by atoms with Gasteiger partial charge < -0.3 is 35.3 Å². The van der Waals surface area contributed by atoms with Crippen molar-refractivity contribution in [1.29, 1.82) is 0 Å². The maximum atomic E-state index is 14.0. The van der Waals surface area contributed by atoms with E-state index in [0.29, 0.717) is 75.7 Å². The largest absolute Gasteiger partial charge is 0.493 e. The second-order valence-corrected chi connectivity index (χ2v) is 10.9. The molecule has 0 radical (unpaired) electrons. The SMILES string of the molecule is CCn1cnnc1CCNC(=O)C1(CC2CC2)CNC(=O)CCCNCCNC(=O)COc2cc(ccc2OC)C1. The summed E-state index contributed by atoms with van der Waals surface area (Å²) < 4.78 is 13.3. The van der Waals surface area contributed by atoms with Crippen molar-refractivity contribution < 1.29 is 23.9 Å². The summed E-state index contributed by atoms with van der Waals surface area (Å²) in [6.07, 6.45) is 6.46. The van der Waals surface area contributed by atoms with Crippen molar-refractivity contribution in [1.82, 2.24) is 36.0 Å². The zero-order valence-corrected chi connectivity index (χ0v) is 24.2. The number of nitrogens with zero attached hydrogens (tertiary/aromatic N) is 3. The quantitative estimate of drug-likeness (QED) is 0.368. The van der Waals surface area contributed by atoms with Gasteiger partial charge in [-0.15, -0.1) is 10.2 Å². The second-order valence-electron chi connectivity index (χ2n) is 10.9. The average molecular weight is 570 g/mol. The van der Waals surface area contributed by atoms with Gasteiger partial charge in [-0.1, -0.05) is 18.9 Å². The van der Waals surface area contributed by atoms with Gasteiger partial charge in [0.05, 0.1) is 12.5 Å². The Hall–Kier alpha value is -3.67. The Kier molecular flexibility index (Phi) is 10.9. The Morgan fingerprint density at radius 2 is 2.05 bits per heavy atom. The van der Waals surface area contributed by atoms with Crippen LogP contribution in [-0.4, -0.2) is 78.9 Å². The van der Waals surface area contributed by atoms with E-state index in [2.05, 4.69) is 31.5 Å². The first-order valence-corrected chi connectivity index (χ1v) is 14.6. The lowest BCUT2D eigenvalue weighted by molar-refractivity contribution is -0.132. The monoisotopic (exact) mass is 569 g/mol. The van der Waals surface area contributed by atoms with Crippen LogP contribution < -0.4 is 30.7 Å². The third-order valence-electron chi connectivity index (χ3n) is 7.66. The Balaban J connectivity index is 1.59. The normalized spacial score (nSPS) is 21.0. The molecule has 1 aromatic carbocycles. The zero-order chi connectivity index (χ0) is 29.1. The first kappa shape index (κ1) is 30.3. The molecule has 4 N–H and O–H groups in total. The van der Waals surface area contributed by atoms with E-state index in [4.69, 9.17) is 9.47 Å². The lowest BCUT2D eigenvalue weighted by atomic mass is 9.75. The van der Waals surface area contributed by atoms with Crippen molar-refractivity contribution in [3.8, 4) is 11.5 Å². The van der Waals surface area contributed by atoms with E-state index in [9.17, 15) is 14.4 Å². The summed E-state index contributed by atoms with van der Waals surface area (Å²) >= 11 is 0. The van der Waals surface area contributed by atoms with Crippen LogP contribution in [0.15, 0.2) is 24.5 Å². The molecule has 1 fully saturated rings. The van der Waals surface area contributed by atoms with Gasteiger partial charge in [0.1, 0.15) is 12.2 Å². The first-order valence-electron chi connectivity index (χ1n) is 14.6. The van der Waals surface area contributed by atoms with Gasteiger partial charge in [0.25, 0.3) is 5.91 Å². The maximum Gasteiger partial charge on any atom is 0.257 e. The Morgan fingerprint density at radius 1 is 1.20 bits per heavy atom. The average Bonchev–Trinajstić information content (AvgIpc) is 3.67. The highest BCUT2D eigenvalue weighted by Crippen LogP contribution is 2.43. The number of carbonyl (C=O) groups excluding carboxylic acids is 3. The second kappa shape index (κ2) is 14.8. The number of rotatable bonds is 8. The van der Waals surface area contributed by atoms with Gasteiger partial charge in [0.15, 0.2) is 18.1 Å². The number of hydrogen-bond acceptors (Lipinski definition) is 8. The van der Waals surface area contributed by atoms with Crippen molar-refractivity contribution >= 4 is 17.7 Å². The van der Waals surface area contributed by atoms with Crippen molar-refractivity contribution in [2.75, 3.05) is 46.4 Å². The van der Waals surface area contributed by atoms with Gasteiger partial charge in [-0.3, -0.25) is 14.4 Å². The highest BCUT2D eigenvalue weighted by Gasteiger charge is 2.43. The molecule has 1 saturated carbocycles. The molecule has 2 bridgehead atoms. The number of hydrogen-bond donors (Lipinski definition) is 4. The van der Waals surface area contributed by atoms with Crippen LogP contribution in [0, 0.1) is 11.3 Å². The van der Waals surface area contributed by atoms with Crippen LogP contribution in [0.1, 0.15) is 50.4 Å². The fourth-order valence-electron chi connectivity index (χ4n) is 5.22. The molecule has 1 aliphatic carbocycles. The molecule has 2 aromatic rings. The molecule has 0 spiro atoms. The summed E-state index contributed by atoms with van der Waals surface area (Å²) in [5, 5.41) is 20.4. The summed E-state index contributed by atoms with van der Waals surface area (Å²) in [4.78, 5) is 39.2. The van der Waals surface area contributed by atoms with Crippen LogP contribution in [0.25, 0.3) is 0 Å². The minimum absolute atomic E-state index is 0.0796. The molecule has 4 rings (SSSR count). The number of carbonyl (C=O) groups is 3. The van der Waals surface area contributed by atoms with Crippen LogP contribution in [0.2, 0.25) is 0 Å². The summed E-state index contributed by atoms with van der Waals surface area (Å²) in [6, 6.07) is 5.54. The van der Waals surface area contributed by atoms with Gasteiger partial charge in [0, 0.05) is 45.6 Å². The van der Waals surface area contributed by atoms with Gasteiger partial charge in [-0.05, 0) is 56.3 Å².